The van der Waals surface area contributed by atoms with Gasteiger partial charge in [-0.1, -0.05) is 11.3 Å². The van der Waals surface area contributed by atoms with Gasteiger partial charge in [0, 0.05) is 49.9 Å². The largest absolute Gasteiger partial charge is 0.303 e. The van der Waals surface area contributed by atoms with Crippen molar-refractivity contribution in [2.45, 2.75) is 44.6 Å². The molecular formula is C16H22N6OS. The summed E-state index contributed by atoms with van der Waals surface area (Å²) in [6, 6.07) is 0.289. The molecule has 24 heavy (non-hydrogen) atoms. The second-order valence-electron chi connectivity index (χ2n) is 6.25. The van der Waals surface area contributed by atoms with E-state index in [1.165, 1.54) is 24.2 Å². The molecular weight excluding hydrogens is 324 g/mol. The number of rotatable bonds is 8. The first-order valence-corrected chi connectivity index (χ1v) is 9.02. The van der Waals surface area contributed by atoms with Gasteiger partial charge in [0.05, 0.1) is 5.69 Å². The summed E-state index contributed by atoms with van der Waals surface area (Å²) in [5.74, 6) is 0.549. The normalized spacial score (nSPS) is 15.5. The van der Waals surface area contributed by atoms with Crippen molar-refractivity contribution >= 4 is 22.4 Å². The summed E-state index contributed by atoms with van der Waals surface area (Å²) in [5, 5.41) is 12.7. The molecule has 7 nitrogen and oxygen atoms in total. The molecule has 128 valence electrons. The Morgan fingerprint density at radius 2 is 2.25 bits per heavy atom. The van der Waals surface area contributed by atoms with Crippen molar-refractivity contribution in [2.75, 3.05) is 18.9 Å². The fourth-order valence-electron chi connectivity index (χ4n) is 2.35. The molecule has 0 aliphatic heterocycles. The third-order valence-corrected chi connectivity index (χ3v) is 5.18. The van der Waals surface area contributed by atoms with Crippen LogP contribution in [0.4, 0.5) is 5.13 Å². The minimum atomic E-state index is -0.0213. The van der Waals surface area contributed by atoms with E-state index in [2.05, 4.69) is 37.3 Å². The third kappa shape index (κ3) is 4.78. The Hall–Kier alpha value is -1.93. The summed E-state index contributed by atoms with van der Waals surface area (Å²) >= 11 is 1.49. The predicted molar refractivity (Wildman–Crippen MR) is 93.0 cm³/mol. The molecule has 1 fully saturated rings. The molecule has 3 rings (SSSR count). The molecule has 1 aliphatic carbocycles. The molecule has 0 radical (unpaired) electrons. The summed E-state index contributed by atoms with van der Waals surface area (Å²) in [6.07, 6.45) is 8.78. The molecule has 0 aromatic carbocycles. The number of nitrogens with one attached hydrogen (secondary N) is 1. The maximum Gasteiger partial charge on any atom is 0.227 e. The summed E-state index contributed by atoms with van der Waals surface area (Å²) in [6.45, 7) is 2.81. The number of carbonyl (C=O) groups is 1. The van der Waals surface area contributed by atoms with Crippen molar-refractivity contribution in [2.24, 2.45) is 0 Å². The maximum absolute atomic E-state index is 12.1. The van der Waals surface area contributed by atoms with Gasteiger partial charge in [-0.3, -0.25) is 14.8 Å². The van der Waals surface area contributed by atoms with E-state index in [4.69, 9.17) is 0 Å². The molecule has 0 bridgehead atoms. The van der Waals surface area contributed by atoms with Crippen LogP contribution >= 0.6 is 11.3 Å². The summed E-state index contributed by atoms with van der Waals surface area (Å²) in [7, 11) is 2.02. The fourth-order valence-corrected chi connectivity index (χ4v) is 3.28. The average molecular weight is 346 g/mol. The first kappa shape index (κ1) is 16.9. The van der Waals surface area contributed by atoms with Crippen molar-refractivity contribution in [3.63, 3.8) is 0 Å². The summed E-state index contributed by atoms with van der Waals surface area (Å²) < 4.78 is 0. The van der Waals surface area contributed by atoms with Crippen LogP contribution in [0.15, 0.2) is 18.6 Å². The van der Waals surface area contributed by atoms with Crippen LogP contribution in [0.2, 0.25) is 0 Å². The standard InChI is InChI=1S/C16H22N6OS/c1-11(9-13-10-17-6-7-18-13)22(2)8-5-14(23)19-16-21-20-15(24-16)12-3-4-12/h6-7,10-12H,3-5,8-9H2,1-2H3,(H,19,21,23)/t11-/m1/s1. The highest BCUT2D eigenvalue weighted by Crippen LogP contribution is 2.42. The molecule has 2 heterocycles. The number of likely N-dealkylation sites (N-methyl/N-ethyl adjacent to an activating group) is 1. The van der Waals surface area contributed by atoms with E-state index in [1.54, 1.807) is 18.6 Å². The maximum atomic E-state index is 12.1. The van der Waals surface area contributed by atoms with Crippen molar-refractivity contribution in [1.82, 2.24) is 25.1 Å². The number of anilines is 1. The van der Waals surface area contributed by atoms with Crippen molar-refractivity contribution < 1.29 is 4.79 Å². The summed E-state index contributed by atoms with van der Waals surface area (Å²) in [5.41, 5.74) is 0.961. The molecule has 0 saturated heterocycles. The van der Waals surface area contributed by atoms with Crippen molar-refractivity contribution in [3.8, 4) is 0 Å². The Kier molecular flexibility index (Phi) is 5.47. The van der Waals surface area contributed by atoms with Gasteiger partial charge in [-0.15, -0.1) is 10.2 Å². The third-order valence-electron chi connectivity index (χ3n) is 4.18. The molecule has 1 amide bonds. The minimum Gasteiger partial charge on any atom is -0.303 e. The van der Waals surface area contributed by atoms with Crippen LogP contribution < -0.4 is 5.32 Å². The Bertz CT molecular complexity index is 672. The quantitative estimate of drug-likeness (QED) is 0.788. The minimum absolute atomic E-state index is 0.0213. The SMILES string of the molecule is C[C@H](Cc1cnccn1)N(C)CCC(=O)Nc1nnc(C2CC2)s1. The van der Waals surface area contributed by atoms with Crippen LogP contribution in [0.25, 0.3) is 0 Å². The van der Waals surface area contributed by atoms with E-state index in [9.17, 15) is 4.79 Å². The Morgan fingerprint density at radius 1 is 1.42 bits per heavy atom. The first-order chi connectivity index (χ1) is 11.6. The molecule has 1 atom stereocenters. The van der Waals surface area contributed by atoms with Crippen LogP contribution in [0.3, 0.4) is 0 Å². The highest BCUT2D eigenvalue weighted by molar-refractivity contribution is 7.15. The van der Waals surface area contributed by atoms with Crippen molar-refractivity contribution in [1.29, 1.82) is 0 Å². The van der Waals surface area contributed by atoms with E-state index in [-0.39, 0.29) is 11.9 Å². The highest BCUT2D eigenvalue weighted by atomic mass is 32.1. The Balaban J connectivity index is 1.41. The molecule has 8 heteroatoms. The molecule has 1 aliphatic rings. The zero-order valence-corrected chi connectivity index (χ0v) is 14.8. The fraction of sp³-hybridized carbons (Fsp3) is 0.562. The van der Waals surface area contributed by atoms with Gasteiger partial charge in [0.2, 0.25) is 11.0 Å². The Morgan fingerprint density at radius 3 is 2.96 bits per heavy atom. The summed E-state index contributed by atoms with van der Waals surface area (Å²) in [4.78, 5) is 22.6. The lowest BCUT2D eigenvalue weighted by atomic mass is 10.1. The van der Waals surface area contributed by atoms with Gasteiger partial charge >= 0.3 is 0 Å². The molecule has 0 unspecified atom stereocenters. The van der Waals surface area contributed by atoms with Gasteiger partial charge in [0.25, 0.3) is 0 Å². The van der Waals surface area contributed by atoms with E-state index >= 15 is 0 Å². The van der Waals surface area contributed by atoms with Crippen LogP contribution in [0.1, 0.15) is 42.8 Å². The number of hydrogen-bond acceptors (Lipinski definition) is 7. The zero-order chi connectivity index (χ0) is 16.9. The van der Waals surface area contributed by atoms with Crippen LogP contribution in [-0.2, 0) is 11.2 Å². The zero-order valence-electron chi connectivity index (χ0n) is 14.0. The lowest BCUT2D eigenvalue weighted by Gasteiger charge is -2.23. The van der Waals surface area contributed by atoms with Gasteiger partial charge in [0.1, 0.15) is 5.01 Å². The number of carbonyl (C=O) groups excluding carboxylic acids is 1. The van der Waals surface area contributed by atoms with Gasteiger partial charge in [0.15, 0.2) is 0 Å². The van der Waals surface area contributed by atoms with Gasteiger partial charge in [-0.2, -0.15) is 0 Å². The van der Waals surface area contributed by atoms with Gasteiger partial charge in [-0.05, 0) is 26.8 Å². The number of hydrogen-bond donors (Lipinski definition) is 1. The monoisotopic (exact) mass is 346 g/mol. The molecule has 2 aromatic rings. The molecule has 2 aromatic heterocycles. The topological polar surface area (TPSA) is 83.9 Å². The molecule has 0 spiro atoms. The van der Waals surface area contributed by atoms with Crippen molar-refractivity contribution in [3.05, 3.63) is 29.3 Å². The van der Waals surface area contributed by atoms with E-state index in [0.717, 1.165) is 17.1 Å². The second-order valence-corrected chi connectivity index (χ2v) is 7.26. The van der Waals surface area contributed by atoms with Gasteiger partial charge < -0.3 is 10.2 Å². The smallest absolute Gasteiger partial charge is 0.227 e. The van der Waals surface area contributed by atoms with E-state index in [1.807, 2.05) is 7.05 Å². The number of amides is 1. The predicted octanol–water partition coefficient (Wildman–Crippen LogP) is 2.10. The second kappa shape index (κ2) is 7.76. The Labute approximate surface area is 145 Å². The van der Waals surface area contributed by atoms with Crippen LogP contribution in [0.5, 0.6) is 0 Å². The van der Waals surface area contributed by atoms with Gasteiger partial charge in [-0.25, -0.2) is 0 Å². The molecule has 1 N–H and O–H groups in total. The number of nitrogens with zero attached hydrogens (tertiary/aromatic N) is 5. The lowest BCUT2D eigenvalue weighted by Crippen LogP contribution is -2.33. The first-order valence-electron chi connectivity index (χ1n) is 8.20. The van der Waals surface area contributed by atoms with Crippen LogP contribution in [0, 0.1) is 0 Å². The van der Waals surface area contributed by atoms with E-state index < -0.39 is 0 Å². The highest BCUT2D eigenvalue weighted by Gasteiger charge is 2.27. The molecule has 1 saturated carbocycles. The average Bonchev–Trinajstić information content (AvgIpc) is 3.33. The van der Waals surface area contributed by atoms with Crippen LogP contribution in [-0.4, -0.2) is 50.6 Å². The lowest BCUT2D eigenvalue weighted by molar-refractivity contribution is -0.116. The van der Waals surface area contributed by atoms with E-state index in [0.29, 0.717) is 24.0 Å². The number of aromatic nitrogens is 4.